The van der Waals surface area contributed by atoms with Crippen LogP contribution in [0.15, 0.2) is 18.2 Å². The second-order valence-corrected chi connectivity index (χ2v) is 5.65. The molecule has 19 heavy (non-hydrogen) atoms. The van der Waals surface area contributed by atoms with E-state index in [1.165, 1.54) is 5.56 Å². The number of hydrogen-bond donors (Lipinski definition) is 1. The van der Waals surface area contributed by atoms with E-state index in [-0.39, 0.29) is 11.6 Å². The average Bonchev–Trinajstić information content (AvgIpc) is 2.61. The highest BCUT2D eigenvalue weighted by Gasteiger charge is 2.28. The van der Waals surface area contributed by atoms with Gasteiger partial charge in [0.15, 0.2) is 0 Å². The predicted octanol–water partition coefficient (Wildman–Crippen LogP) is 3.22. The van der Waals surface area contributed by atoms with Crippen molar-refractivity contribution in [3.8, 4) is 5.75 Å². The fourth-order valence-corrected chi connectivity index (χ4v) is 2.52. The third-order valence-electron chi connectivity index (χ3n) is 4.20. The van der Waals surface area contributed by atoms with Crippen LogP contribution in [0.4, 0.5) is 0 Å². The third-order valence-corrected chi connectivity index (χ3v) is 4.20. The molecule has 1 aliphatic rings. The van der Waals surface area contributed by atoms with Gasteiger partial charge in [-0.1, -0.05) is 18.6 Å². The van der Waals surface area contributed by atoms with Crippen molar-refractivity contribution < 1.29 is 9.47 Å². The molecular weight excluding hydrogens is 238 g/mol. The SMILES string of the molecule is CCC1(C)CCOC(c2cc(C)ccc2OC)CN1. The molecule has 0 saturated carbocycles. The molecule has 0 spiro atoms. The molecule has 1 fully saturated rings. The normalized spacial score (nSPS) is 27.9. The lowest BCUT2D eigenvalue weighted by atomic mass is 9.95. The van der Waals surface area contributed by atoms with E-state index in [4.69, 9.17) is 9.47 Å². The van der Waals surface area contributed by atoms with Gasteiger partial charge in [0.25, 0.3) is 0 Å². The van der Waals surface area contributed by atoms with Gasteiger partial charge >= 0.3 is 0 Å². The predicted molar refractivity (Wildman–Crippen MR) is 77.7 cm³/mol. The Morgan fingerprint density at radius 2 is 2.26 bits per heavy atom. The van der Waals surface area contributed by atoms with Crippen LogP contribution in [0.5, 0.6) is 5.75 Å². The molecule has 0 bridgehead atoms. The van der Waals surface area contributed by atoms with Gasteiger partial charge in [0, 0.05) is 24.3 Å². The Labute approximate surface area is 116 Å². The lowest BCUT2D eigenvalue weighted by Gasteiger charge is -2.27. The molecule has 1 N–H and O–H groups in total. The van der Waals surface area contributed by atoms with Crippen LogP contribution < -0.4 is 10.1 Å². The molecule has 0 radical (unpaired) electrons. The van der Waals surface area contributed by atoms with Gasteiger partial charge in [-0.15, -0.1) is 0 Å². The fourth-order valence-electron chi connectivity index (χ4n) is 2.52. The molecule has 1 heterocycles. The maximum atomic E-state index is 6.04. The summed E-state index contributed by atoms with van der Waals surface area (Å²) in [5, 5.41) is 3.65. The molecule has 1 aromatic carbocycles. The molecule has 1 saturated heterocycles. The van der Waals surface area contributed by atoms with Gasteiger partial charge in [0.2, 0.25) is 0 Å². The van der Waals surface area contributed by atoms with Crippen LogP contribution in [-0.2, 0) is 4.74 Å². The molecule has 106 valence electrons. The summed E-state index contributed by atoms with van der Waals surface area (Å²) in [6, 6.07) is 6.26. The smallest absolute Gasteiger partial charge is 0.124 e. The Morgan fingerprint density at radius 1 is 1.47 bits per heavy atom. The number of nitrogens with one attached hydrogen (secondary N) is 1. The molecule has 3 heteroatoms. The molecule has 0 aromatic heterocycles. The number of benzene rings is 1. The quantitative estimate of drug-likeness (QED) is 0.908. The highest BCUT2D eigenvalue weighted by molar-refractivity contribution is 5.38. The van der Waals surface area contributed by atoms with E-state index < -0.39 is 0 Å². The second kappa shape index (κ2) is 5.93. The molecule has 3 nitrogen and oxygen atoms in total. The number of aryl methyl sites for hydroxylation is 1. The molecule has 2 rings (SSSR count). The molecule has 0 amide bonds. The minimum absolute atomic E-state index is 0.0724. The van der Waals surface area contributed by atoms with Crippen LogP contribution in [0.25, 0.3) is 0 Å². The first-order valence-electron chi connectivity index (χ1n) is 7.09. The van der Waals surface area contributed by atoms with Crippen molar-refractivity contribution in [2.45, 2.75) is 45.3 Å². The van der Waals surface area contributed by atoms with E-state index in [2.05, 4.69) is 38.2 Å². The Hall–Kier alpha value is -1.06. The van der Waals surface area contributed by atoms with Crippen molar-refractivity contribution in [2.75, 3.05) is 20.3 Å². The van der Waals surface area contributed by atoms with E-state index in [0.29, 0.717) is 0 Å². The zero-order valence-electron chi connectivity index (χ0n) is 12.5. The first-order chi connectivity index (χ1) is 9.08. The van der Waals surface area contributed by atoms with Crippen molar-refractivity contribution in [2.24, 2.45) is 0 Å². The van der Waals surface area contributed by atoms with Crippen LogP contribution in [0.1, 0.15) is 43.9 Å². The largest absolute Gasteiger partial charge is 0.496 e. The number of hydrogen-bond acceptors (Lipinski definition) is 3. The average molecular weight is 263 g/mol. The van der Waals surface area contributed by atoms with Gasteiger partial charge in [-0.25, -0.2) is 0 Å². The van der Waals surface area contributed by atoms with Crippen LogP contribution >= 0.6 is 0 Å². The summed E-state index contributed by atoms with van der Waals surface area (Å²) in [6.45, 7) is 8.22. The van der Waals surface area contributed by atoms with E-state index in [1.54, 1.807) is 7.11 Å². The molecule has 1 aromatic rings. The van der Waals surface area contributed by atoms with Gasteiger partial charge in [-0.05, 0) is 38.8 Å². The second-order valence-electron chi connectivity index (χ2n) is 5.65. The minimum atomic E-state index is 0.0724. The van der Waals surface area contributed by atoms with Crippen LogP contribution in [0, 0.1) is 6.92 Å². The molecule has 2 unspecified atom stereocenters. The van der Waals surface area contributed by atoms with Gasteiger partial charge in [0.05, 0.1) is 13.2 Å². The summed E-state index contributed by atoms with van der Waals surface area (Å²) in [4.78, 5) is 0. The first kappa shape index (κ1) is 14.4. The van der Waals surface area contributed by atoms with E-state index in [1.807, 2.05) is 6.07 Å². The lowest BCUT2D eigenvalue weighted by Crippen LogP contribution is -2.42. The Bertz CT molecular complexity index is 433. The van der Waals surface area contributed by atoms with Crippen LogP contribution in [0.2, 0.25) is 0 Å². The summed E-state index contributed by atoms with van der Waals surface area (Å²) in [5.74, 6) is 0.914. The van der Waals surface area contributed by atoms with E-state index in [0.717, 1.165) is 37.3 Å². The van der Waals surface area contributed by atoms with Crippen LogP contribution in [-0.4, -0.2) is 25.8 Å². The Kier molecular flexibility index (Phi) is 4.48. The topological polar surface area (TPSA) is 30.5 Å². The number of rotatable bonds is 3. The van der Waals surface area contributed by atoms with Gasteiger partial charge in [-0.3, -0.25) is 0 Å². The monoisotopic (exact) mass is 263 g/mol. The number of methoxy groups -OCH3 is 1. The first-order valence-corrected chi connectivity index (χ1v) is 7.09. The van der Waals surface area contributed by atoms with Gasteiger partial charge in [-0.2, -0.15) is 0 Å². The summed E-state index contributed by atoms with van der Waals surface area (Å²) < 4.78 is 11.5. The highest BCUT2D eigenvalue weighted by atomic mass is 16.5. The lowest BCUT2D eigenvalue weighted by molar-refractivity contribution is 0.0635. The summed E-state index contributed by atoms with van der Waals surface area (Å²) in [7, 11) is 1.72. The highest BCUT2D eigenvalue weighted by Crippen LogP contribution is 2.31. The summed E-state index contributed by atoms with van der Waals surface area (Å²) >= 11 is 0. The van der Waals surface area contributed by atoms with Crippen molar-refractivity contribution in [3.63, 3.8) is 0 Å². The van der Waals surface area contributed by atoms with Crippen LogP contribution in [0.3, 0.4) is 0 Å². The number of ether oxygens (including phenoxy) is 2. The van der Waals surface area contributed by atoms with E-state index in [9.17, 15) is 0 Å². The maximum absolute atomic E-state index is 6.04. The molecule has 0 aliphatic carbocycles. The van der Waals surface area contributed by atoms with Gasteiger partial charge < -0.3 is 14.8 Å². The zero-order valence-corrected chi connectivity index (χ0v) is 12.5. The van der Waals surface area contributed by atoms with E-state index >= 15 is 0 Å². The molecule has 1 aliphatic heterocycles. The standard InChI is InChI=1S/C16H25NO2/c1-5-16(3)8-9-19-15(11-17-16)13-10-12(2)6-7-14(13)18-4/h6-7,10,15,17H,5,8-9,11H2,1-4H3. The van der Waals surface area contributed by atoms with Crippen molar-refractivity contribution >= 4 is 0 Å². The van der Waals surface area contributed by atoms with Crippen molar-refractivity contribution in [1.82, 2.24) is 5.32 Å². The fraction of sp³-hybridized carbons (Fsp3) is 0.625. The summed E-state index contributed by atoms with van der Waals surface area (Å²) in [6.07, 6.45) is 2.24. The maximum Gasteiger partial charge on any atom is 0.124 e. The summed E-state index contributed by atoms with van der Waals surface area (Å²) in [5.41, 5.74) is 2.57. The molecule has 2 atom stereocenters. The third kappa shape index (κ3) is 3.28. The minimum Gasteiger partial charge on any atom is -0.496 e. The zero-order chi connectivity index (χ0) is 13.9. The van der Waals surface area contributed by atoms with Crippen molar-refractivity contribution in [3.05, 3.63) is 29.3 Å². The van der Waals surface area contributed by atoms with Gasteiger partial charge in [0.1, 0.15) is 5.75 Å². The Balaban J connectivity index is 2.20. The van der Waals surface area contributed by atoms with Crippen molar-refractivity contribution in [1.29, 1.82) is 0 Å². The molecular formula is C16H25NO2. The Morgan fingerprint density at radius 3 is 2.95 bits per heavy atom.